The molecule has 6 nitrogen and oxygen atoms in total. The molecule has 0 aliphatic rings. The van der Waals surface area contributed by atoms with Crippen molar-refractivity contribution in [1.29, 1.82) is 0 Å². The SMILES string of the molecule is O=C(OCCc1ccc([N+](=O)[O-])cc1)Oc1ccccc1F. The fraction of sp³-hybridized carbons (Fsp3) is 0.133. The van der Waals surface area contributed by atoms with Gasteiger partial charge in [-0.25, -0.2) is 9.18 Å². The lowest BCUT2D eigenvalue weighted by Gasteiger charge is -2.06. The monoisotopic (exact) mass is 305 g/mol. The van der Waals surface area contributed by atoms with Crippen molar-refractivity contribution in [2.45, 2.75) is 6.42 Å². The lowest BCUT2D eigenvalue weighted by atomic mass is 10.1. The Hall–Kier alpha value is -2.96. The van der Waals surface area contributed by atoms with Crippen LogP contribution in [-0.4, -0.2) is 17.7 Å². The molecule has 2 aromatic carbocycles. The quantitative estimate of drug-likeness (QED) is 0.365. The van der Waals surface area contributed by atoms with Crippen LogP contribution in [0, 0.1) is 15.9 Å². The van der Waals surface area contributed by atoms with E-state index in [1.54, 1.807) is 12.1 Å². The highest BCUT2D eigenvalue weighted by Crippen LogP contribution is 2.16. The third-order valence-electron chi connectivity index (χ3n) is 2.79. The lowest BCUT2D eigenvalue weighted by molar-refractivity contribution is -0.384. The van der Waals surface area contributed by atoms with Gasteiger partial charge in [0.15, 0.2) is 11.6 Å². The summed E-state index contributed by atoms with van der Waals surface area (Å²) in [7, 11) is 0. The molecule has 2 aromatic rings. The first-order valence-corrected chi connectivity index (χ1v) is 6.39. The van der Waals surface area contributed by atoms with Crippen LogP contribution in [0.1, 0.15) is 5.56 Å². The Morgan fingerprint density at radius 2 is 1.82 bits per heavy atom. The first kappa shape index (κ1) is 15.4. The normalized spacial score (nSPS) is 10.0. The minimum absolute atomic E-state index is 0.0105. The summed E-state index contributed by atoms with van der Waals surface area (Å²) in [6.45, 7) is 0.0189. The van der Waals surface area contributed by atoms with Crippen molar-refractivity contribution >= 4 is 11.8 Å². The molecule has 0 heterocycles. The summed E-state index contributed by atoms with van der Waals surface area (Å²) < 4.78 is 22.8. The summed E-state index contributed by atoms with van der Waals surface area (Å²) in [5.41, 5.74) is 0.757. The minimum Gasteiger partial charge on any atom is -0.434 e. The van der Waals surface area contributed by atoms with Crippen molar-refractivity contribution in [3.05, 3.63) is 70.0 Å². The van der Waals surface area contributed by atoms with E-state index >= 15 is 0 Å². The van der Waals surface area contributed by atoms with E-state index in [1.165, 1.54) is 36.4 Å². The van der Waals surface area contributed by atoms with Gasteiger partial charge in [0.1, 0.15) is 0 Å². The standard InChI is InChI=1S/C15H12FNO5/c16-13-3-1-2-4-14(13)22-15(18)21-10-9-11-5-7-12(8-6-11)17(19)20/h1-8H,9-10H2. The predicted octanol–water partition coefficient (Wildman–Crippen LogP) is 3.49. The van der Waals surface area contributed by atoms with E-state index in [9.17, 15) is 19.3 Å². The van der Waals surface area contributed by atoms with Crippen LogP contribution in [0.15, 0.2) is 48.5 Å². The van der Waals surface area contributed by atoms with Gasteiger partial charge in [0.05, 0.1) is 11.5 Å². The Balaban J connectivity index is 1.79. The van der Waals surface area contributed by atoms with Crippen LogP contribution in [0.2, 0.25) is 0 Å². The van der Waals surface area contributed by atoms with Gasteiger partial charge in [-0.05, 0) is 17.7 Å². The molecule has 0 unspecified atom stereocenters. The molecule has 7 heteroatoms. The Morgan fingerprint density at radius 1 is 1.14 bits per heavy atom. The number of halogens is 1. The Labute approximate surface area is 125 Å². The molecule has 0 spiro atoms. The molecule has 0 N–H and O–H groups in total. The van der Waals surface area contributed by atoms with Crippen LogP contribution < -0.4 is 4.74 Å². The molecule has 22 heavy (non-hydrogen) atoms. The maximum atomic E-state index is 13.3. The van der Waals surface area contributed by atoms with Crippen LogP contribution in [0.4, 0.5) is 14.9 Å². The number of hydrogen-bond acceptors (Lipinski definition) is 5. The van der Waals surface area contributed by atoms with E-state index in [1.807, 2.05) is 0 Å². The van der Waals surface area contributed by atoms with Gasteiger partial charge in [0, 0.05) is 18.6 Å². The first-order valence-electron chi connectivity index (χ1n) is 6.39. The molecule has 0 saturated heterocycles. The second kappa shape index (κ2) is 7.16. The molecule has 0 aliphatic carbocycles. The minimum atomic E-state index is -1.01. The van der Waals surface area contributed by atoms with Crippen molar-refractivity contribution in [3.8, 4) is 5.75 Å². The van der Waals surface area contributed by atoms with Crippen molar-refractivity contribution in [2.24, 2.45) is 0 Å². The average molecular weight is 305 g/mol. The van der Waals surface area contributed by atoms with Gasteiger partial charge in [-0.3, -0.25) is 10.1 Å². The number of carbonyl (C=O) groups is 1. The number of rotatable bonds is 5. The number of nitrogens with zero attached hydrogens (tertiary/aromatic N) is 1. The third kappa shape index (κ3) is 4.27. The Kier molecular flexibility index (Phi) is 5.02. The van der Waals surface area contributed by atoms with Gasteiger partial charge in [0.2, 0.25) is 0 Å². The van der Waals surface area contributed by atoms with Crippen molar-refractivity contribution in [2.75, 3.05) is 6.61 Å². The van der Waals surface area contributed by atoms with E-state index in [0.717, 1.165) is 5.56 Å². The van der Waals surface area contributed by atoms with Crippen LogP contribution in [-0.2, 0) is 11.2 Å². The molecule has 0 saturated carbocycles. The average Bonchev–Trinajstić information content (AvgIpc) is 2.50. The smallest absolute Gasteiger partial charge is 0.434 e. The maximum absolute atomic E-state index is 13.3. The Bertz CT molecular complexity index is 672. The number of para-hydroxylation sites is 1. The Morgan fingerprint density at radius 3 is 2.45 bits per heavy atom. The summed E-state index contributed by atoms with van der Waals surface area (Å²) in [5, 5.41) is 10.5. The van der Waals surface area contributed by atoms with Gasteiger partial charge in [-0.1, -0.05) is 24.3 Å². The van der Waals surface area contributed by atoms with Gasteiger partial charge >= 0.3 is 6.16 Å². The van der Waals surface area contributed by atoms with Crippen molar-refractivity contribution < 1.29 is 23.6 Å². The number of benzene rings is 2. The summed E-state index contributed by atoms with van der Waals surface area (Å²) in [4.78, 5) is 21.4. The molecule has 0 aromatic heterocycles. The molecule has 114 valence electrons. The summed E-state index contributed by atoms with van der Waals surface area (Å²) >= 11 is 0. The number of carbonyl (C=O) groups excluding carboxylic acids is 1. The second-order valence-corrected chi connectivity index (χ2v) is 4.30. The van der Waals surface area contributed by atoms with E-state index in [-0.39, 0.29) is 18.0 Å². The summed E-state index contributed by atoms with van der Waals surface area (Å²) in [5.74, 6) is -0.863. The molecule has 2 rings (SSSR count). The molecule has 0 radical (unpaired) electrons. The third-order valence-corrected chi connectivity index (χ3v) is 2.79. The lowest BCUT2D eigenvalue weighted by Crippen LogP contribution is -2.13. The van der Waals surface area contributed by atoms with Gasteiger partial charge in [0.25, 0.3) is 5.69 Å². The molecule has 0 fully saturated rings. The molecule has 0 atom stereocenters. The zero-order valence-electron chi connectivity index (χ0n) is 11.4. The predicted molar refractivity (Wildman–Crippen MR) is 75.2 cm³/mol. The van der Waals surface area contributed by atoms with Crippen LogP contribution in [0.25, 0.3) is 0 Å². The van der Waals surface area contributed by atoms with Crippen LogP contribution >= 0.6 is 0 Å². The van der Waals surface area contributed by atoms with Gasteiger partial charge < -0.3 is 9.47 Å². The highest BCUT2D eigenvalue weighted by Gasteiger charge is 2.10. The molecule has 0 amide bonds. The summed E-state index contributed by atoms with van der Waals surface area (Å²) in [6.07, 6.45) is -0.642. The molecule has 0 aliphatic heterocycles. The topological polar surface area (TPSA) is 78.7 Å². The molecular formula is C15H12FNO5. The van der Waals surface area contributed by atoms with Crippen LogP contribution in [0.5, 0.6) is 5.75 Å². The second-order valence-electron chi connectivity index (χ2n) is 4.30. The van der Waals surface area contributed by atoms with Crippen molar-refractivity contribution in [3.63, 3.8) is 0 Å². The van der Waals surface area contributed by atoms with E-state index in [4.69, 9.17) is 9.47 Å². The summed E-state index contributed by atoms with van der Waals surface area (Å²) in [6, 6.07) is 11.4. The van der Waals surface area contributed by atoms with E-state index in [0.29, 0.717) is 6.42 Å². The van der Waals surface area contributed by atoms with E-state index < -0.39 is 16.9 Å². The number of ether oxygens (including phenoxy) is 2. The maximum Gasteiger partial charge on any atom is 0.513 e. The molecule has 0 bridgehead atoms. The van der Waals surface area contributed by atoms with Crippen LogP contribution in [0.3, 0.4) is 0 Å². The molecular weight excluding hydrogens is 293 g/mol. The van der Waals surface area contributed by atoms with Gasteiger partial charge in [-0.15, -0.1) is 0 Å². The number of nitro groups is 1. The van der Waals surface area contributed by atoms with Gasteiger partial charge in [-0.2, -0.15) is 0 Å². The van der Waals surface area contributed by atoms with Crippen molar-refractivity contribution in [1.82, 2.24) is 0 Å². The first-order chi connectivity index (χ1) is 10.6. The zero-order chi connectivity index (χ0) is 15.9. The largest absolute Gasteiger partial charge is 0.513 e. The van der Waals surface area contributed by atoms with E-state index in [2.05, 4.69) is 0 Å². The number of hydrogen-bond donors (Lipinski definition) is 0. The number of nitro benzene ring substituents is 1. The zero-order valence-corrected chi connectivity index (χ0v) is 11.4. The fourth-order valence-electron chi connectivity index (χ4n) is 1.68. The highest BCUT2D eigenvalue weighted by atomic mass is 19.1. The fourth-order valence-corrected chi connectivity index (χ4v) is 1.68. The number of non-ortho nitro benzene ring substituents is 1. The highest BCUT2D eigenvalue weighted by molar-refractivity contribution is 5.63.